The molecule has 3 rings (SSSR count). The fraction of sp³-hybridized carbons (Fsp3) is 0.0952. The first-order valence-corrected chi connectivity index (χ1v) is 8.58. The largest absolute Gasteiger partial charge is 0.497 e. The minimum absolute atomic E-state index is 0.206. The fourth-order valence-corrected chi connectivity index (χ4v) is 2.53. The van der Waals surface area contributed by atoms with Crippen LogP contribution in [0.4, 0.5) is 24.5 Å². The number of para-hydroxylation sites is 1. The van der Waals surface area contributed by atoms with Gasteiger partial charge >= 0.3 is 11.9 Å². The number of ether oxygens (including phenoxy) is 2. The second kappa shape index (κ2) is 8.64. The molecule has 0 aliphatic heterocycles. The molecular formula is C21H15F3N2O4. The van der Waals surface area contributed by atoms with Gasteiger partial charge in [0.1, 0.15) is 11.5 Å². The number of nitro benzene ring substituents is 1. The Morgan fingerprint density at radius 3 is 2.33 bits per heavy atom. The summed E-state index contributed by atoms with van der Waals surface area (Å²) in [6.07, 6.45) is -3.21. The van der Waals surface area contributed by atoms with Gasteiger partial charge in [-0.2, -0.15) is 13.2 Å². The highest BCUT2D eigenvalue weighted by molar-refractivity contribution is 5.85. The molecule has 3 aromatic rings. The SMILES string of the molecule is COc1ccc(N=Cc2ccccc2Oc2ccc(C(F)(F)F)cc2[N+](=O)[O-])cc1. The van der Waals surface area contributed by atoms with E-state index in [0.717, 1.165) is 12.1 Å². The lowest BCUT2D eigenvalue weighted by Gasteiger charge is -2.11. The summed E-state index contributed by atoms with van der Waals surface area (Å²) in [7, 11) is 1.55. The van der Waals surface area contributed by atoms with Crippen molar-refractivity contribution >= 4 is 17.6 Å². The number of halogens is 3. The summed E-state index contributed by atoms with van der Waals surface area (Å²) in [5, 5.41) is 11.3. The van der Waals surface area contributed by atoms with Gasteiger partial charge in [-0.25, -0.2) is 0 Å². The maximum atomic E-state index is 12.9. The van der Waals surface area contributed by atoms with Crippen LogP contribution in [0, 0.1) is 10.1 Å². The molecule has 0 aliphatic rings. The highest BCUT2D eigenvalue weighted by Crippen LogP contribution is 2.38. The highest BCUT2D eigenvalue weighted by atomic mass is 19.4. The van der Waals surface area contributed by atoms with E-state index in [1.165, 1.54) is 12.3 Å². The van der Waals surface area contributed by atoms with Crippen molar-refractivity contribution in [2.45, 2.75) is 6.18 Å². The third-order valence-corrected chi connectivity index (χ3v) is 4.05. The monoisotopic (exact) mass is 416 g/mol. The molecule has 9 heteroatoms. The third-order valence-electron chi connectivity index (χ3n) is 4.05. The van der Waals surface area contributed by atoms with E-state index >= 15 is 0 Å². The van der Waals surface area contributed by atoms with Crippen LogP contribution in [-0.2, 0) is 6.18 Å². The van der Waals surface area contributed by atoms with Gasteiger partial charge in [0.2, 0.25) is 5.75 Å². The number of rotatable bonds is 6. The van der Waals surface area contributed by atoms with Crippen LogP contribution < -0.4 is 9.47 Å². The molecule has 0 saturated heterocycles. The minimum atomic E-state index is -4.70. The van der Waals surface area contributed by atoms with Crippen LogP contribution in [0.2, 0.25) is 0 Å². The van der Waals surface area contributed by atoms with Gasteiger partial charge in [0, 0.05) is 17.8 Å². The zero-order chi connectivity index (χ0) is 21.7. The van der Waals surface area contributed by atoms with Crippen LogP contribution in [0.3, 0.4) is 0 Å². The van der Waals surface area contributed by atoms with Crippen molar-refractivity contribution in [2.75, 3.05) is 7.11 Å². The van der Waals surface area contributed by atoms with Crippen LogP contribution in [0.25, 0.3) is 0 Å². The molecule has 0 aliphatic carbocycles. The lowest BCUT2D eigenvalue weighted by Crippen LogP contribution is -2.06. The van der Waals surface area contributed by atoms with Crippen LogP contribution >= 0.6 is 0 Å². The third kappa shape index (κ3) is 4.93. The summed E-state index contributed by atoms with van der Waals surface area (Å²) in [5.41, 5.74) is -0.795. The first-order chi connectivity index (χ1) is 14.3. The number of benzene rings is 3. The fourth-order valence-electron chi connectivity index (χ4n) is 2.53. The van der Waals surface area contributed by atoms with Crippen molar-refractivity contribution in [1.29, 1.82) is 0 Å². The zero-order valence-corrected chi connectivity index (χ0v) is 15.6. The lowest BCUT2D eigenvalue weighted by molar-refractivity contribution is -0.385. The van der Waals surface area contributed by atoms with E-state index in [2.05, 4.69) is 4.99 Å². The highest BCUT2D eigenvalue weighted by Gasteiger charge is 2.33. The van der Waals surface area contributed by atoms with Crippen molar-refractivity contribution in [3.8, 4) is 17.2 Å². The first-order valence-electron chi connectivity index (χ1n) is 8.58. The second-order valence-corrected chi connectivity index (χ2v) is 6.03. The maximum absolute atomic E-state index is 12.9. The lowest BCUT2D eigenvalue weighted by atomic mass is 10.1. The van der Waals surface area contributed by atoms with E-state index in [1.807, 2.05) is 0 Å². The summed E-state index contributed by atoms with van der Waals surface area (Å²) in [5.74, 6) is 0.572. The van der Waals surface area contributed by atoms with Crippen LogP contribution in [0.1, 0.15) is 11.1 Å². The van der Waals surface area contributed by atoms with Gasteiger partial charge in [0.15, 0.2) is 0 Å². The van der Waals surface area contributed by atoms with Gasteiger partial charge in [0.25, 0.3) is 0 Å². The molecule has 0 unspecified atom stereocenters. The number of alkyl halides is 3. The first kappa shape index (κ1) is 20.8. The number of nitrogens with zero attached hydrogens (tertiary/aromatic N) is 2. The number of aliphatic imine (C=N–C) groups is 1. The van der Waals surface area contributed by atoms with Crippen LogP contribution in [-0.4, -0.2) is 18.2 Å². The molecule has 154 valence electrons. The average Bonchev–Trinajstić information content (AvgIpc) is 2.73. The van der Waals surface area contributed by atoms with E-state index < -0.39 is 22.4 Å². The van der Waals surface area contributed by atoms with Gasteiger partial charge in [0.05, 0.1) is 23.3 Å². The summed E-state index contributed by atoms with van der Waals surface area (Å²) in [6, 6.07) is 15.6. The van der Waals surface area contributed by atoms with Crippen LogP contribution in [0.15, 0.2) is 71.7 Å². The Morgan fingerprint density at radius 1 is 1.00 bits per heavy atom. The molecule has 0 bridgehead atoms. The van der Waals surface area contributed by atoms with Crippen molar-refractivity contribution in [1.82, 2.24) is 0 Å². The molecule has 30 heavy (non-hydrogen) atoms. The zero-order valence-electron chi connectivity index (χ0n) is 15.6. The van der Waals surface area contributed by atoms with Gasteiger partial charge in [-0.05, 0) is 48.5 Å². The maximum Gasteiger partial charge on any atom is 0.416 e. The topological polar surface area (TPSA) is 74.0 Å². The van der Waals surface area contributed by atoms with Crippen LogP contribution in [0.5, 0.6) is 17.2 Å². The Balaban J connectivity index is 1.91. The Labute approximate surface area is 169 Å². The van der Waals surface area contributed by atoms with Gasteiger partial charge in [-0.1, -0.05) is 12.1 Å². The van der Waals surface area contributed by atoms with E-state index in [9.17, 15) is 23.3 Å². The molecule has 0 atom stereocenters. The second-order valence-electron chi connectivity index (χ2n) is 6.03. The Hall–Kier alpha value is -3.88. The van der Waals surface area contributed by atoms with Gasteiger partial charge in [-0.15, -0.1) is 0 Å². The normalized spacial score (nSPS) is 11.5. The summed E-state index contributed by atoms with van der Waals surface area (Å²) >= 11 is 0. The summed E-state index contributed by atoms with van der Waals surface area (Å²) < 4.78 is 49.3. The van der Waals surface area contributed by atoms with E-state index in [0.29, 0.717) is 23.1 Å². The van der Waals surface area contributed by atoms with Crippen molar-refractivity contribution < 1.29 is 27.6 Å². The quantitative estimate of drug-likeness (QED) is 0.274. The Bertz CT molecular complexity index is 1080. The molecule has 0 amide bonds. The van der Waals surface area contributed by atoms with Crippen molar-refractivity contribution in [2.24, 2.45) is 4.99 Å². The number of nitro groups is 1. The average molecular weight is 416 g/mol. The molecule has 0 heterocycles. The minimum Gasteiger partial charge on any atom is -0.497 e. The molecule has 3 aromatic carbocycles. The predicted molar refractivity (Wildman–Crippen MR) is 105 cm³/mol. The molecular weight excluding hydrogens is 401 g/mol. The van der Waals surface area contributed by atoms with E-state index in [-0.39, 0.29) is 11.5 Å². The Morgan fingerprint density at radius 2 is 1.70 bits per heavy atom. The number of methoxy groups -OCH3 is 1. The van der Waals surface area contributed by atoms with Crippen molar-refractivity contribution in [3.05, 3.63) is 88.0 Å². The van der Waals surface area contributed by atoms with Crippen molar-refractivity contribution in [3.63, 3.8) is 0 Å². The molecule has 0 radical (unpaired) electrons. The molecule has 0 N–H and O–H groups in total. The summed E-state index contributed by atoms with van der Waals surface area (Å²) in [6.45, 7) is 0. The Kier molecular flexibility index (Phi) is 6.01. The molecule has 0 saturated carbocycles. The molecule has 0 fully saturated rings. The molecule has 0 spiro atoms. The number of hydrogen-bond donors (Lipinski definition) is 0. The number of hydrogen-bond acceptors (Lipinski definition) is 5. The standard InChI is InChI=1S/C21H15F3N2O4/c1-29-17-9-7-16(8-10-17)25-13-14-4-2-3-5-19(14)30-20-11-6-15(21(22,23)24)12-18(20)26(27)28/h2-13H,1H3. The van der Waals surface area contributed by atoms with Gasteiger partial charge < -0.3 is 9.47 Å². The molecule has 6 nitrogen and oxygen atoms in total. The summed E-state index contributed by atoms with van der Waals surface area (Å²) in [4.78, 5) is 14.7. The smallest absolute Gasteiger partial charge is 0.416 e. The van der Waals surface area contributed by atoms with Gasteiger partial charge in [-0.3, -0.25) is 15.1 Å². The van der Waals surface area contributed by atoms with E-state index in [1.54, 1.807) is 49.6 Å². The molecule has 0 aromatic heterocycles. The van der Waals surface area contributed by atoms with E-state index in [4.69, 9.17) is 9.47 Å². The predicted octanol–water partition coefficient (Wildman–Crippen LogP) is 6.17.